The van der Waals surface area contributed by atoms with Gasteiger partial charge in [0, 0.05) is 38.8 Å². The highest BCUT2D eigenvalue weighted by molar-refractivity contribution is 5.79. The molecule has 7 nitrogen and oxygen atoms in total. The number of aryl methyl sites for hydroxylation is 2. The molecule has 3 rings (SSSR count). The van der Waals surface area contributed by atoms with E-state index in [9.17, 15) is 0 Å². The lowest BCUT2D eigenvalue weighted by molar-refractivity contribution is 0.0124. The van der Waals surface area contributed by atoms with Crippen molar-refractivity contribution in [3.05, 3.63) is 53.0 Å². The highest BCUT2D eigenvalue weighted by Crippen LogP contribution is 2.24. The maximum absolute atomic E-state index is 6.00. The van der Waals surface area contributed by atoms with E-state index in [1.54, 1.807) is 7.05 Å². The maximum atomic E-state index is 6.00. The number of rotatable bonds is 8. The predicted octanol–water partition coefficient (Wildman–Crippen LogP) is 3.42. The molecule has 1 aromatic heterocycles. The number of hydrogen-bond donors (Lipinski definition) is 2. The number of aliphatic imine (C=N–C) groups is 1. The summed E-state index contributed by atoms with van der Waals surface area (Å²) in [4.78, 5) is 6.81. The molecule has 0 spiro atoms. The van der Waals surface area contributed by atoms with Crippen molar-refractivity contribution in [2.45, 2.75) is 46.4 Å². The molecule has 0 aliphatic carbocycles. The van der Waals surface area contributed by atoms with Crippen molar-refractivity contribution in [3.63, 3.8) is 0 Å². The Labute approximate surface area is 185 Å². The molecule has 1 aliphatic heterocycles. The molecule has 0 saturated carbocycles. The van der Waals surface area contributed by atoms with Crippen LogP contribution in [0.25, 0.3) is 0 Å². The fourth-order valence-corrected chi connectivity index (χ4v) is 3.70. The summed E-state index contributed by atoms with van der Waals surface area (Å²) in [7, 11) is 1.79. The monoisotopic (exact) mass is 428 g/mol. The SMILES string of the molecule is CN=C(NCc1ccc(C)cc1OC(C)C)NCC(c1ccc(C)o1)N1CCOCC1. The minimum atomic E-state index is 0.121. The number of nitrogens with one attached hydrogen (secondary N) is 2. The van der Waals surface area contributed by atoms with Gasteiger partial charge < -0.3 is 24.5 Å². The van der Waals surface area contributed by atoms with Crippen molar-refractivity contribution in [1.82, 2.24) is 15.5 Å². The number of benzene rings is 1. The summed E-state index contributed by atoms with van der Waals surface area (Å²) in [5.74, 6) is 3.55. The van der Waals surface area contributed by atoms with Crippen molar-refractivity contribution in [3.8, 4) is 5.75 Å². The number of furan rings is 1. The normalized spacial score (nSPS) is 16.4. The number of nitrogens with zero attached hydrogens (tertiary/aromatic N) is 2. The largest absolute Gasteiger partial charge is 0.491 e. The molecule has 170 valence electrons. The van der Waals surface area contributed by atoms with Gasteiger partial charge in [-0.25, -0.2) is 0 Å². The second-order valence-electron chi connectivity index (χ2n) is 8.20. The van der Waals surface area contributed by atoms with E-state index in [1.165, 1.54) is 5.56 Å². The van der Waals surface area contributed by atoms with E-state index in [-0.39, 0.29) is 12.1 Å². The maximum Gasteiger partial charge on any atom is 0.191 e. The lowest BCUT2D eigenvalue weighted by Crippen LogP contribution is -2.46. The summed E-state index contributed by atoms with van der Waals surface area (Å²) < 4.78 is 17.5. The topological polar surface area (TPSA) is 71.3 Å². The van der Waals surface area contributed by atoms with Gasteiger partial charge in [-0.3, -0.25) is 9.89 Å². The number of hydrogen-bond acceptors (Lipinski definition) is 5. The number of morpholine rings is 1. The summed E-state index contributed by atoms with van der Waals surface area (Å²) in [6, 6.07) is 10.5. The van der Waals surface area contributed by atoms with Crippen molar-refractivity contribution >= 4 is 5.96 Å². The zero-order valence-corrected chi connectivity index (χ0v) is 19.4. The van der Waals surface area contributed by atoms with Crippen LogP contribution in [0.15, 0.2) is 39.7 Å². The quantitative estimate of drug-likeness (QED) is 0.496. The smallest absolute Gasteiger partial charge is 0.191 e. The summed E-state index contributed by atoms with van der Waals surface area (Å²) in [5, 5.41) is 6.89. The van der Waals surface area contributed by atoms with Gasteiger partial charge >= 0.3 is 0 Å². The van der Waals surface area contributed by atoms with Gasteiger partial charge in [-0.15, -0.1) is 0 Å². The Morgan fingerprint density at radius 3 is 2.55 bits per heavy atom. The van der Waals surface area contributed by atoms with Crippen molar-refractivity contribution in [2.75, 3.05) is 39.9 Å². The molecule has 1 aliphatic rings. The van der Waals surface area contributed by atoms with Gasteiger partial charge in [0.2, 0.25) is 0 Å². The standard InChI is InChI=1S/C24H36N4O3/c1-17(2)30-23-14-18(3)6-8-20(23)15-26-24(25-5)27-16-21(22-9-7-19(4)31-22)28-10-12-29-13-11-28/h6-9,14,17,21H,10-13,15-16H2,1-5H3,(H2,25,26,27). The van der Waals surface area contributed by atoms with Gasteiger partial charge in [-0.1, -0.05) is 12.1 Å². The molecule has 0 radical (unpaired) electrons. The Kier molecular flexibility index (Phi) is 8.37. The zero-order chi connectivity index (χ0) is 22.2. The van der Waals surface area contributed by atoms with E-state index in [2.05, 4.69) is 51.7 Å². The van der Waals surface area contributed by atoms with Crippen LogP contribution in [0.3, 0.4) is 0 Å². The highest BCUT2D eigenvalue weighted by atomic mass is 16.5. The summed E-state index contributed by atoms with van der Waals surface area (Å²) >= 11 is 0. The molecule has 1 aromatic carbocycles. The Morgan fingerprint density at radius 2 is 1.90 bits per heavy atom. The Balaban J connectivity index is 1.63. The van der Waals surface area contributed by atoms with Gasteiger partial charge in [-0.05, 0) is 51.5 Å². The molecule has 1 atom stereocenters. The number of ether oxygens (including phenoxy) is 2. The van der Waals surface area contributed by atoms with Gasteiger partial charge in [0.1, 0.15) is 17.3 Å². The third-order valence-electron chi connectivity index (χ3n) is 5.29. The van der Waals surface area contributed by atoms with Crippen molar-refractivity contribution in [1.29, 1.82) is 0 Å². The molecule has 2 heterocycles. The van der Waals surface area contributed by atoms with Gasteiger partial charge in [0.15, 0.2) is 5.96 Å². The molecule has 2 aromatic rings. The van der Waals surface area contributed by atoms with Crippen LogP contribution in [0.2, 0.25) is 0 Å². The first-order chi connectivity index (χ1) is 15.0. The van der Waals surface area contributed by atoms with E-state index in [4.69, 9.17) is 13.9 Å². The lowest BCUT2D eigenvalue weighted by Gasteiger charge is -2.33. The zero-order valence-electron chi connectivity index (χ0n) is 19.4. The van der Waals surface area contributed by atoms with Gasteiger partial charge in [0.05, 0.1) is 25.4 Å². The average molecular weight is 429 g/mol. The van der Waals surface area contributed by atoms with Crippen LogP contribution in [0.5, 0.6) is 5.75 Å². The van der Waals surface area contributed by atoms with Gasteiger partial charge in [0.25, 0.3) is 0 Å². The van der Waals surface area contributed by atoms with Crippen LogP contribution in [0.1, 0.15) is 42.5 Å². The van der Waals surface area contributed by atoms with E-state index in [1.807, 2.05) is 26.8 Å². The second-order valence-corrected chi connectivity index (χ2v) is 8.20. The minimum Gasteiger partial charge on any atom is -0.491 e. The first-order valence-corrected chi connectivity index (χ1v) is 11.0. The van der Waals surface area contributed by atoms with Crippen molar-refractivity contribution < 1.29 is 13.9 Å². The molecule has 7 heteroatoms. The minimum absolute atomic E-state index is 0.121. The molecular formula is C24H36N4O3. The first-order valence-electron chi connectivity index (χ1n) is 11.0. The van der Waals surface area contributed by atoms with Crippen LogP contribution in [-0.4, -0.2) is 56.9 Å². The second kappa shape index (κ2) is 11.2. The van der Waals surface area contributed by atoms with Gasteiger partial charge in [-0.2, -0.15) is 0 Å². The highest BCUT2D eigenvalue weighted by Gasteiger charge is 2.25. The summed E-state index contributed by atoms with van der Waals surface area (Å²) in [5.41, 5.74) is 2.29. The molecule has 1 saturated heterocycles. The first kappa shape index (κ1) is 23.2. The Hall–Kier alpha value is -2.51. The van der Waals surface area contributed by atoms with Crippen LogP contribution in [-0.2, 0) is 11.3 Å². The lowest BCUT2D eigenvalue weighted by atomic mass is 10.1. The van der Waals surface area contributed by atoms with Crippen molar-refractivity contribution in [2.24, 2.45) is 4.99 Å². The molecule has 1 unspecified atom stereocenters. The number of guanidine groups is 1. The van der Waals surface area contributed by atoms with Crippen LogP contribution < -0.4 is 15.4 Å². The van der Waals surface area contributed by atoms with E-state index in [0.717, 1.165) is 55.1 Å². The summed E-state index contributed by atoms with van der Waals surface area (Å²) in [6.45, 7) is 12.7. The summed E-state index contributed by atoms with van der Waals surface area (Å²) in [6.07, 6.45) is 0.129. The molecule has 2 N–H and O–H groups in total. The molecule has 0 bridgehead atoms. The molecular weight excluding hydrogens is 392 g/mol. The van der Waals surface area contributed by atoms with E-state index < -0.39 is 0 Å². The fraction of sp³-hybridized carbons (Fsp3) is 0.542. The van der Waals surface area contributed by atoms with Crippen LogP contribution >= 0.6 is 0 Å². The fourth-order valence-electron chi connectivity index (χ4n) is 3.70. The predicted molar refractivity (Wildman–Crippen MR) is 124 cm³/mol. The van der Waals surface area contributed by atoms with Crippen LogP contribution in [0, 0.1) is 13.8 Å². The van der Waals surface area contributed by atoms with Crippen LogP contribution in [0.4, 0.5) is 0 Å². The Morgan fingerprint density at radius 1 is 1.13 bits per heavy atom. The molecule has 0 amide bonds. The Bertz CT molecular complexity index is 856. The third-order valence-corrected chi connectivity index (χ3v) is 5.29. The molecule has 1 fully saturated rings. The third kappa shape index (κ3) is 6.74. The average Bonchev–Trinajstić information content (AvgIpc) is 3.18. The molecule has 31 heavy (non-hydrogen) atoms. The van der Waals surface area contributed by atoms with E-state index in [0.29, 0.717) is 13.1 Å². The van der Waals surface area contributed by atoms with E-state index >= 15 is 0 Å².